The maximum Gasteiger partial charge on any atom is 0.310 e. The highest BCUT2D eigenvalue weighted by Gasteiger charge is 2.17. The van der Waals surface area contributed by atoms with Gasteiger partial charge in [-0.1, -0.05) is 36.7 Å². The van der Waals surface area contributed by atoms with Crippen LogP contribution in [0.25, 0.3) is 0 Å². The molecule has 31 heavy (non-hydrogen) atoms. The van der Waals surface area contributed by atoms with Crippen LogP contribution in [-0.4, -0.2) is 16.4 Å². The number of nitrogens with zero attached hydrogens (tertiary/aromatic N) is 1. The zero-order valence-corrected chi connectivity index (χ0v) is 18.3. The van der Waals surface area contributed by atoms with Crippen molar-refractivity contribution in [3.63, 3.8) is 0 Å². The quantitative estimate of drug-likeness (QED) is 0.445. The number of benzene rings is 2. The number of aryl methyl sites for hydroxylation is 1. The molecule has 2 aromatic carbocycles. The summed E-state index contributed by atoms with van der Waals surface area (Å²) in [5.74, 6) is -0.469. The highest BCUT2D eigenvalue weighted by atomic mass is 35.5. The van der Waals surface area contributed by atoms with Gasteiger partial charge in [0, 0.05) is 22.8 Å². The van der Waals surface area contributed by atoms with Crippen molar-refractivity contribution in [2.45, 2.75) is 33.7 Å². The average Bonchev–Trinajstić information content (AvgIpc) is 2.76. The Kier molecular flexibility index (Phi) is 6.92. The molecule has 0 unspecified atom stereocenters. The van der Waals surface area contributed by atoms with Crippen molar-refractivity contribution in [2.75, 3.05) is 5.32 Å². The van der Waals surface area contributed by atoms with Crippen LogP contribution in [0.5, 0.6) is 5.75 Å². The molecule has 0 bridgehead atoms. The van der Waals surface area contributed by atoms with Crippen LogP contribution in [0.2, 0.25) is 5.02 Å². The van der Waals surface area contributed by atoms with E-state index in [0.29, 0.717) is 16.5 Å². The van der Waals surface area contributed by atoms with E-state index >= 15 is 0 Å². The first kappa shape index (κ1) is 22.3. The summed E-state index contributed by atoms with van der Waals surface area (Å²) in [6, 6.07) is 15.3. The van der Waals surface area contributed by atoms with E-state index < -0.39 is 11.5 Å². The van der Waals surface area contributed by atoms with E-state index in [1.807, 2.05) is 32.0 Å². The predicted octanol–water partition coefficient (Wildman–Crippen LogP) is 4.73. The number of hydrogen-bond acceptors (Lipinski definition) is 4. The zero-order chi connectivity index (χ0) is 22.5. The van der Waals surface area contributed by atoms with Crippen molar-refractivity contribution in [3.05, 3.63) is 92.4 Å². The third kappa shape index (κ3) is 5.22. The van der Waals surface area contributed by atoms with Gasteiger partial charge in [0.1, 0.15) is 11.3 Å². The summed E-state index contributed by atoms with van der Waals surface area (Å²) >= 11 is 6.26. The summed E-state index contributed by atoms with van der Waals surface area (Å²) in [5.41, 5.74) is 2.51. The number of pyridine rings is 1. The normalized spacial score (nSPS) is 10.6. The summed E-state index contributed by atoms with van der Waals surface area (Å²) in [6.07, 6.45) is 0.270. The smallest absolute Gasteiger partial charge is 0.310 e. The lowest BCUT2D eigenvalue weighted by Gasteiger charge is -2.15. The number of carbonyl (C=O) groups is 2. The van der Waals surface area contributed by atoms with Crippen molar-refractivity contribution in [1.82, 2.24) is 4.57 Å². The lowest BCUT2D eigenvalue weighted by atomic mass is 10.1. The third-order valence-electron chi connectivity index (χ3n) is 4.98. The fourth-order valence-electron chi connectivity index (χ4n) is 3.05. The summed E-state index contributed by atoms with van der Waals surface area (Å²) in [5, 5.41) is 3.28. The number of anilines is 1. The molecule has 1 N–H and O–H groups in total. The number of hydrogen-bond donors (Lipinski definition) is 1. The average molecular weight is 439 g/mol. The molecule has 0 radical (unpaired) electrons. The molecule has 0 atom stereocenters. The van der Waals surface area contributed by atoms with E-state index in [4.69, 9.17) is 16.3 Å². The lowest BCUT2D eigenvalue weighted by molar-refractivity contribution is -0.134. The van der Waals surface area contributed by atoms with E-state index in [9.17, 15) is 14.4 Å². The summed E-state index contributed by atoms with van der Waals surface area (Å²) in [4.78, 5) is 37.3. The first-order valence-electron chi connectivity index (χ1n) is 9.86. The lowest BCUT2D eigenvalue weighted by Crippen LogP contribution is -2.31. The van der Waals surface area contributed by atoms with Gasteiger partial charge in [0.25, 0.3) is 11.5 Å². The number of ether oxygens (including phenoxy) is 1. The largest absolute Gasteiger partial charge is 0.427 e. The molecule has 7 heteroatoms. The molecule has 0 aliphatic carbocycles. The topological polar surface area (TPSA) is 77.4 Å². The maximum absolute atomic E-state index is 13.1. The van der Waals surface area contributed by atoms with E-state index in [-0.39, 0.29) is 24.5 Å². The van der Waals surface area contributed by atoms with Gasteiger partial charge >= 0.3 is 5.97 Å². The number of carbonyl (C=O) groups excluding carboxylic acids is 2. The van der Waals surface area contributed by atoms with E-state index in [1.54, 1.807) is 47.9 Å². The Bertz CT molecular complexity index is 1180. The molecule has 0 aliphatic heterocycles. The van der Waals surface area contributed by atoms with Crippen LogP contribution in [0.1, 0.15) is 40.5 Å². The van der Waals surface area contributed by atoms with E-state index in [1.165, 1.54) is 0 Å². The molecular weight excluding hydrogens is 416 g/mol. The van der Waals surface area contributed by atoms with Gasteiger partial charge in [0.05, 0.1) is 6.54 Å². The summed E-state index contributed by atoms with van der Waals surface area (Å²) in [7, 11) is 0. The third-order valence-corrected chi connectivity index (χ3v) is 5.34. The number of aromatic nitrogens is 1. The first-order chi connectivity index (χ1) is 14.8. The standard InChI is InChI=1S/C24H23ClN2O4/c1-4-22(28)31-19-11-9-18(10-12-19)26-23(29)20-13-15(2)16(3)27(24(20)30)14-17-7-5-6-8-21(17)25/h5-13H,4,14H2,1-3H3,(H,26,29). The minimum Gasteiger partial charge on any atom is -0.427 e. The second kappa shape index (κ2) is 9.62. The van der Waals surface area contributed by atoms with Crippen LogP contribution in [0.4, 0.5) is 5.69 Å². The molecule has 0 saturated carbocycles. The molecule has 1 aromatic heterocycles. The van der Waals surface area contributed by atoms with Crippen molar-refractivity contribution in [2.24, 2.45) is 0 Å². The van der Waals surface area contributed by atoms with Crippen LogP contribution in [0, 0.1) is 13.8 Å². The van der Waals surface area contributed by atoms with E-state index in [2.05, 4.69) is 5.32 Å². The first-order valence-corrected chi connectivity index (χ1v) is 10.2. The SMILES string of the molecule is CCC(=O)Oc1ccc(NC(=O)c2cc(C)c(C)n(Cc3ccccc3Cl)c2=O)cc1. The zero-order valence-electron chi connectivity index (χ0n) is 17.6. The van der Waals surface area contributed by atoms with Gasteiger partial charge in [0.2, 0.25) is 0 Å². The van der Waals surface area contributed by atoms with Crippen LogP contribution in [0.3, 0.4) is 0 Å². The molecule has 3 aromatic rings. The summed E-state index contributed by atoms with van der Waals surface area (Å²) in [6.45, 7) is 5.67. The van der Waals surface area contributed by atoms with Crippen LogP contribution < -0.4 is 15.6 Å². The van der Waals surface area contributed by atoms with Crippen LogP contribution >= 0.6 is 11.6 Å². The summed E-state index contributed by atoms with van der Waals surface area (Å²) < 4.78 is 6.68. The molecule has 0 spiro atoms. The molecular formula is C24H23ClN2O4. The van der Waals surface area contributed by atoms with Crippen molar-refractivity contribution in [3.8, 4) is 5.75 Å². The van der Waals surface area contributed by atoms with Crippen LogP contribution in [-0.2, 0) is 11.3 Å². The maximum atomic E-state index is 13.1. The van der Waals surface area contributed by atoms with Gasteiger partial charge in [-0.3, -0.25) is 14.4 Å². The Morgan fingerprint density at radius 3 is 2.39 bits per heavy atom. The molecule has 1 heterocycles. The van der Waals surface area contributed by atoms with Crippen molar-refractivity contribution >= 4 is 29.2 Å². The van der Waals surface area contributed by atoms with Crippen molar-refractivity contribution < 1.29 is 14.3 Å². The Hall–Kier alpha value is -3.38. The highest BCUT2D eigenvalue weighted by molar-refractivity contribution is 6.31. The Balaban J connectivity index is 1.86. The van der Waals surface area contributed by atoms with Gasteiger partial charge in [-0.05, 0) is 61.4 Å². The molecule has 0 fully saturated rings. The Morgan fingerprint density at radius 2 is 1.74 bits per heavy atom. The Morgan fingerprint density at radius 1 is 1.06 bits per heavy atom. The second-order valence-corrected chi connectivity index (χ2v) is 7.52. The number of rotatable bonds is 6. The minimum absolute atomic E-state index is 0.0386. The van der Waals surface area contributed by atoms with Gasteiger partial charge in [0.15, 0.2) is 0 Å². The molecule has 3 rings (SSSR count). The molecule has 1 amide bonds. The van der Waals surface area contributed by atoms with E-state index in [0.717, 1.165) is 16.8 Å². The van der Waals surface area contributed by atoms with Gasteiger partial charge < -0.3 is 14.6 Å². The predicted molar refractivity (Wildman–Crippen MR) is 121 cm³/mol. The molecule has 0 saturated heterocycles. The molecule has 6 nitrogen and oxygen atoms in total. The fourth-order valence-corrected chi connectivity index (χ4v) is 3.25. The molecule has 0 aliphatic rings. The fraction of sp³-hybridized carbons (Fsp3) is 0.208. The second-order valence-electron chi connectivity index (χ2n) is 7.12. The highest BCUT2D eigenvalue weighted by Crippen LogP contribution is 2.19. The van der Waals surface area contributed by atoms with Gasteiger partial charge in [-0.2, -0.15) is 0 Å². The monoisotopic (exact) mass is 438 g/mol. The number of amides is 1. The number of halogens is 1. The number of esters is 1. The Labute approximate surface area is 185 Å². The van der Waals surface area contributed by atoms with Gasteiger partial charge in [-0.15, -0.1) is 0 Å². The molecule has 160 valence electrons. The van der Waals surface area contributed by atoms with Crippen molar-refractivity contribution in [1.29, 1.82) is 0 Å². The number of nitrogens with one attached hydrogen (secondary N) is 1. The van der Waals surface area contributed by atoms with Crippen LogP contribution in [0.15, 0.2) is 59.4 Å². The minimum atomic E-state index is -0.515. The van der Waals surface area contributed by atoms with Gasteiger partial charge in [-0.25, -0.2) is 0 Å².